The molecule has 2 N–H and O–H groups in total. The SMILES string of the molecule is CCOc1cc(CNCCCO)c(Cl)cc1OCc1ccc(Cl)c(Cl)c1. The van der Waals surface area contributed by atoms with Gasteiger partial charge in [-0.2, -0.15) is 0 Å². The minimum absolute atomic E-state index is 0.159. The maximum Gasteiger partial charge on any atom is 0.163 e. The molecule has 142 valence electrons. The molecule has 0 aromatic heterocycles. The van der Waals surface area contributed by atoms with Gasteiger partial charge in [-0.1, -0.05) is 40.9 Å². The maximum absolute atomic E-state index is 8.84. The van der Waals surface area contributed by atoms with E-state index in [0.29, 0.717) is 59.3 Å². The van der Waals surface area contributed by atoms with Gasteiger partial charge in [0.2, 0.25) is 0 Å². The zero-order valence-corrected chi connectivity index (χ0v) is 16.8. The van der Waals surface area contributed by atoms with Crippen molar-refractivity contribution in [2.24, 2.45) is 0 Å². The molecule has 0 saturated carbocycles. The van der Waals surface area contributed by atoms with Gasteiger partial charge >= 0.3 is 0 Å². The van der Waals surface area contributed by atoms with Gasteiger partial charge in [-0.05, 0) is 49.2 Å². The lowest BCUT2D eigenvalue weighted by atomic mass is 10.2. The summed E-state index contributed by atoms with van der Waals surface area (Å²) in [6.45, 7) is 4.21. The van der Waals surface area contributed by atoms with Gasteiger partial charge in [0.25, 0.3) is 0 Å². The van der Waals surface area contributed by atoms with Gasteiger partial charge < -0.3 is 19.9 Å². The van der Waals surface area contributed by atoms with Crippen LogP contribution in [0.15, 0.2) is 30.3 Å². The largest absolute Gasteiger partial charge is 0.490 e. The molecule has 0 aliphatic carbocycles. The van der Waals surface area contributed by atoms with Crippen LogP contribution in [0.4, 0.5) is 0 Å². The van der Waals surface area contributed by atoms with Crippen LogP contribution in [-0.4, -0.2) is 24.9 Å². The van der Waals surface area contributed by atoms with E-state index in [4.69, 9.17) is 49.4 Å². The van der Waals surface area contributed by atoms with Crippen molar-refractivity contribution in [1.29, 1.82) is 0 Å². The highest BCUT2D eigenvalue weighted by molar-refractivity contribution is 6.42. The minimum Gasteiger partial charge on any atom is -0.490 e. The maximum atomic E-state index is 8.84. The monoisotopic (exact) mass is 417 g/mol. The Morgan fingerprint density at radius 1 is 0.962 bits per heavy atom. The highest BCUT2D eigenvalue weighted by Gasteiger charge is 2.12. The zero-order chi connectivity index (χ0) is 18.9. The zero-order valence-electron chi connectivity index (χ0n) is 14.5. The van der Waals surface area contributed by atoms with Crippen molar-refractivity contribution in [3.8, 4) is 11.5 Å². The van der Waals surface area contributed by atoms with E-state index in [1.54, 1.807) is 18.2 Å². The Hall–Kier alpha value is -1.17. The van der Waals surface area contributed by atoms with E-state index in [1.165, 1.54) is 0 Å². The summed E-state index contributed by atoms with van der Waals surface area (Å²) in [6, 6.07) is 9.00. The Balaban J connectivity index is 2.10. The molecule has 4 nitrogen and oxygen atoms in total. The predicted octanol–water partition coefficient (Wildman–Crippen LogP) is 5.10. The number of hydrogen-bond acceptors (Lipinski definition) is 4. The average Bonchev–Trinajstić information content (AvgIpc) is 2.62. The summed E-state index contributed by atoms with van der Waals surface area (Å²) in [5.74, 6) is 1.21. The Kier molecular flexibility index (Phi) is 8.82. The van der Waals surface area contributed by atoms with Crippen LogP contribution in [0.5, 0.6) is 11.5 Å². The lowest BCUT2D eigenvalue weighted by Gasteiger charge is -2.15. The summed E-state index contributed by atoms with van der Waals surface area (Å²) < 4.78 is 11.6. The number of hydrogen-bond donors (Lipinski definition) is 2. The minimum atomic E-state index is 0.159. The third-order valence-corrected chi connectivity index (χ3v) is 4.71. The van der Waals surface area contributed by atoms with Crippen LogP contribution in [0.2, 0.25) is 15.1 Å². The molecule has 0 radical (unpaired) electrons. The number of benzene rings is 2. The van der Waals surface area contributed by atoms with Crippen LogP contribution < -0.4 is 14.8 Å². The summed E-state index contributed by atoms with van der Waals surface area (Å²) in [4.78, 5) is 0. The normalized spacial score (nSPS) is 10.8. The smallest absolute Gasteiger partial charge is 0.163 e. The Bertz CT molecular complexity index is 725. The molecule has 0 aliphatic heterocycles. The number of nitrogens with one attached hydrogen (secondary N) is 1. The molecule has 0 saturated heterocycles. The van der Waals surface area contributed by atoms with Crippen LogP contribution in [0.3, 0.4) is 0 Å². The van der Waals surface area contributed by atoms with Crippen molar-refractivity contribution in [2.45, 2.75) is 26.5 Å². The van der Waals surface area contributed by atoms with E-state index in [1.807, 2.05) is 19.1 Å². The molecule has 2 aromatic carbocycles. The van der Waals surface area contributed by atoms with E-state index in [-0.39, 0.29) is 6.61 Å². The molecule has 0 fully saturated rings. The third kappa shape index (κ3) is 6.22. The molecule has 0 unspecified atom stereocenters. The fourth-order valence-corrected chi connectivity index (χ4v) is 2.85. The fraction of sp³-hybridized carbons (Fsp3) is 0.368. The molecule has 0 spiro atoms. The molecule has 0 aliphatic rings. The van der Waals surface area contributed by atoms with Crippen molar-refractivity contribution in [2.75, 3.05) is 19.8 Å². The van der Waals surface area contributed by atoms with E-state index in [2.05, 4.69) is 5.32 Å². The first kappa shape index (κ1) is 21.1. The van der Waals surface area contributed by atoms with Gasteiger partial charge in [0, 0.05) is 24.2 Å². The lowest BCUT2D eigenvalue weighted by Crippen LogP contribution is -2.16. The molecule has 2 rings (SSSR count). The van der Waals surface area contributed by atoms with Crippen LogP contribution in [0.25, 0.3) is 0 Å². The molecule has 0 amide bonds. The summed E-state index contributed by atoms with van der Waals surface area (Å²) in [5, 5.41) is 13.7. The molecule has 7 heteroatoms. The van der Waals surface area contributed by atoms with E-state index >= 15 is 0 Å². The lowest BCUT2D eigenvalue weighted by molar-refractivity contribution is 0.269. The van der Waals surface area contributed by atoms with Crippen molar-refractivity contribution < 1.29 is 14.6 Å². The first-order valence-corrected chi connectivity index (χ1v) is 9.52. The number of ether oxygens (including phenoxy) is 2. The van der Waals surface area contributed by atoms with Crippen LogP contribution >= 0.6 is 34.8 Å². The van der Waals surface area contributed by atoms with Crippen LogP contribution in [-0.2, 0) is 13.2 Å². The predicted molar refractivity (Wildman–Crippen MR) is 107 cm³/mol. The summed E-state index contributed by atoms with van der Waals surface area (Å²) in [7, 11) is 0. The van der Waals surface area contributed by atoms with Gasteiger partial charge in [0.15, 0.2) is 11.5 Å². The fourth-order valence-electron chi connectivity index (χ4n) is 2.31. The second kappa shape index (κ2) is 10.9. The Morgan fingerprint density at radius 2 is 1.73 bits per heavy atom. The third-order valence-electron chi connectivity index (χ3n) is 3.62. The van der Waals surface area contributed by atoms with E-state index in [0.717, 1.165) is 11.1 Å². The number of aliphatic hydroxyl groups excluding tert-OH is 1. The first-order chi connectivity index (χ1) is 12.5. The highest BCUT2D eigenvalue weighted by atomic mass is 35.5. The number of aliphatic hydroxyl groups is 1. The van der Waals surface area contributed by atoms with Crippen LogP contribution in [0.1, 0.15) is 24.5 Å². The molecular weight excluding hydrogens is 397 g/mol. The topological polar surface area (TPSA) is 50.7 Å². The molecule has 26 heavy (non-hydrogen) atoms. The van der Waals surface area contributed by atoms with Gasteiger partial charge in [-0.15, -0.1) is 0 Å². The van der Waals surface area contributed by atoms with Gasteiger partial charge in [0.1, 0.15) is 6.61 Å². The van der Waals surface area contributed by atoms with Crippen molar-refractivity contribution in [3.05, 3.63) is 56.5 Å². The molecule has 0 bridgehead atoms. The van der Waals surface area contributed by atoms with Crippen molar-refractivity contribution >= 4 is 34.8 Å². The first-order valence-electron chi connectivity index (χ1n) is 8.38. The van der Waals surface area contributed by atoms with Gasteiger partial charge in [-0.25, -0.2) is 0 Å². The van der Waals surface area contributed by atoms with Gasteiger partial charge in [-0.3, -0.25) is 0 Å². The van der Waals surface area contributed by atoms with E-state index in [9.17, 15) is 0 Å². The standard InChI is InChI=1S/C19H22Cl3NO3/c1-2-25-18-9-14(11-23-6-3-7-24)16(21)10-19(18)26-12-13-4-5-15(20)17(22)8-13/h4-5,8-10,23-24H,2-3,6-7,11-12H2,1H3. The Morgan fingerprint density at radius 3 is 2.42 bits per heavy atom. The molecular formula is C19H22Cl3NO3. The second-order valence-electron chi connectivity index (χ2n) is 5.61. The second-order valence-corrected chi connectivity index (χ2v) is 6.84. The van der Waals surface area contributed by atoms with E-state index < -0.39 is 0 Å². The highest BCUT2D eigenvalue weighted by Crippen LogP contribution is 2.34. The molecule has 0 heterocycles. The average molecular weight is 419 g/mol. The Labute approximate surface area is 169 Å². The van der Waals surface area contributed by atoms with Crippen LogP contribution in [0, 0.1) is 0 Å². The summed E-state index contributed by atoms with van der Waals surface area (Å²) >= 11 is 18.4. The molecule has 2 aromatic rings. The number of halogens is 3. The number of rotatable bonds is 10. The van der Waals surface area contributed by atoms with Crippen molar-refractivity contribution in [1.82, 2.24) is 5.32 Å². The van der Waals surface area contributed by atoms with Gasteiger partial charge in [0.05, 0.1) is 16.7 Å². The summed E-state index contributed by atoms with van der Waals surface area (Å²) in [5.41, 5.74) is 1.81. The summed E-state index contributed by atoms with van der Waals surface area (Å²) in [6.07, 6.45) is 0.695. The van der Waals surface area contributed by atoms with Crippen molar-refractivity contribution in [3.63, 3.8) is 0 Å². The quantitative estimate of drug-likeness (QED) is 0.527. The molecule has 0 atom stereocenters.